The van der Waals surface area contributed by atoms with Crippen molar-refractivity contribution in [2.75, 3.05) is 13.1 Å². The first-order valence-corrected chi connectivity index (χ1v) is 7.42. The molecule has 1 aromatic carbocycles. The van der Waals surface area contributed by atoms with Gasteiger partial charge in [0.1, 0.15) is 18.5 Å². The van der Waals surface area contributed by atoms with E-state index in [1.165, 1.54) is 6.07 Å². The first kappa shape index (κ1) is 13.7. The molecule has 1 amide bonds. The Morgan fingerprint density at radius 3 is 2.64 bits per heavy atom. The van der Waals surface area contributed by atoms with E-state index in [1.807, 2.05) is 0 Å². The van der Waals surface area contributed by atoms with Gasteiger partial charge in [0.15, 0.2) is 0 Å². The Bertz CT molecular complexity index is 701. The molecule has 2 saturated carbocycles. The van der Waals surface area contributed by atoms with Crippen LogP contribution in [0.2, 0.25) is 0 Å². The summed E-state index contributed by atoms with van der Waals surface area (Å²) in [5.74, 6) is -1.96. The summed E-state index contributed by atoms with van der Waals surface area (Å²) in [5.41, 5.74) is -0.185. The van der Waals surface area contributed by atoms with E-state index in [2.05, 4.69) is 0 Å². The van der Waals surface area contributed by atoms with E-state index in [9.17, 15) is 18.4 Å². The Kier molecular flexibility index (Phi) is 2.65. The third kappa shape index (κ3) is 1.79. The van der Waals surface area contributed by atoms with Crippen LogP contribution in [0, 0.1) is 5.82 Å². The molecule has 2 atom stereocenters. The number of carbonyl (C=O) groups excluding carboxylic acids is 1. The highest BCUT2D eigenvalue weighted by atomic mass is 19.1. The van der Waals surface area contributed by atoms with Crippen LogP contribution in [0.5, 0.6) is 0 Å². The molecule has 2 fully saturated rings. The predicted molar refractivity (Wildman–Crippen MR) is 73.1 cm³/mol. The van der Waals surface area contributed by atoms with Crippen LogP contribution in [0.4, 0.5) is 8.78 Å². The standard InChI is InChI=1S/C16H15F2NO3/c17-11-5-16(11)7-19(6-12(20)21)15(22)10-4-3-9(8-1-2-8)14(18)13(10)16/h3-4,8,11H,1-2,5-7H2,(H,20,21)/t11-,16?/m1/s1. The lowest BCUT2D eigenvalue weighted by atomic mass is 9.83. The highest BCUT2D eigenvalue weighted by Crippen LogP contribution is 2.56. The Balaban J connectivity index is 1.84. The lowest BCUT2D eigenvalue weighted by Crippen LogP contribution is -2.47. The quantitative estimate of drug-likeness (QED) is 0.931. The first-order chi connectivity index (χ1) is 10.4. The van der Waals surface area contributed by atoms with Gasteiger partial charge in [-0.15, -0.1) is 0 Å². The molecule has 0 bridgehead atoms. The average Bonchev–Trinajstić information content (AvgIpc) is 3.34. The molecule has 4 nitrogen and oxygen atoms in total. The molecule has 1 unspecified atom stereocenters. The number of rotatable bonds is 3. The summed E-state index contributed by atoms with van der Waals surface area (Å²) in [6.45, 7) is -0.546. The zero-order chi connectivity index (χ0) is 15.6. The maximum atomic E-state index is 14.9. The number of benzene rings is 1. The second-order valence-corrected chi connectivity index (χ2v) is 6.55. The molecule has 0 radical (unpaired) electrons. The van der Waals surface area contributed by atoms with Crippen molar-refractivity contribution >= 4 is 11.9 Å². The smallest absolute Gasteiger partial charge is 0.323 e. The normalized spacial score (nSPS) is 29.6. The third-order valence-electron chi connectivity index (χ3n) is 4.99. The van der Waals surface area contributed by atoms with Gasteiger partial charge in [0, 0.05) is 17.7 Å². The number of aliphatic carboxylic acids is 1. The molecular weight excluding hydrogens is 292 g/mol. The predicted octanol–water partition coefficient (Wildman–Crippen LogP) is 2.22. The number of hydrogen-bond donors (Lipinski definition) is 1. The molecule has 2 aliphatic carbocycles. The molecular formula is C16H15F2NO3. The molecule has 6 heteroatoms. The lowest BCUT2D eigenvalue weighted by Gasteiger charge is -2.34. The van der Waals surface area contributed by atoms with Gasteiger partial charge in [-0.2, -0.15) is 0 Å². The van der Waals surface area contributed by atoms with Crippen LogP contribution in [0.15, 0.2) is 12.1 Å². The molecule has 4 rings (SSSR count). The van der Waals surface area contributed by atoms with Crippen molar-refractivity contribution in [1.29, 1.82) is 0 Å². The number of carboxylic acid groups (broad SMARTS) is 1. The zero-order valence-corrected chi connectivity index (χ0v) is 11.8. The molecule has 116 valence electrons. The number of amides is 1. The third-order valence-corrected chi connectivity index (χ3v) is 4.99. The zero-order valence-electron chi connectivity index (χ0n) is 11.8. The first-order valence-electron chi connectivity index (χ1n) is 7.42. The Hall–Kier alpha value is -1.98. The van der Waals surface area contributed by atoms with Crippen molar-refractivity contribution in [3.8, 4) is 0 Å². The number of carbonyl (C=O) groups is 2. The molecule has 22 heavy (non-hydrogen) atoms. The minimum atomic E-state index is -1.22. The minimum absolute atomic E-state index is 0.0582. The van der Waals surface area contributed by atoms with Crippen molar-refractivity contribution in [2.45, 2.75) is 36.8 Å². The summed E-state index contributed by atoms with van der Waals surface area (Å²) in [6.07, 6.45) is 0.760. The van der Waals surface area contributed by atoms with Crippen molar-refractivity contribution in [3.05, 3.63) is 34.6 Å². The number of carboxylic acids is 1. The van der Waals surface area contributed by atoms with E-state index >= 15 is 0 Å². The van der Waals surface area contributed by atoms with Gasteiger partial charge in [-0.25, -0.2) is 8.78 Å². The van der Waals surface area contributed by atoms with E-state index in [4.69, 9.17) is 5.11 Å². The van der Waals surface area contributed by atoms with Gasteiger partial charge in [-0.1, -0.05) is 6.07 Å². The second kappa shape index (κ2) is 4.27. The summed E-state index contributed by atoms with van der Waals surface area (Å²) in [6, 6.07) is 3.13. The van der Waals surface area contributed by atoms with E-state index in [0.29, 0.717) is 5.56 Å². The van der Waals surface area contributed by atoms with Gasteiger partial charge < -0.3 is 10.0 Å². The minimum Gasteiger partial charge on any atom is -0.480 e. The number of halogens is 2. The highest BCUT2D eigenvalue weighted by molar-refractivity contribution is 5.99. The van der Waals surface area contributed by atoms with Crippen molar-refractivity contribution in [2.24, 2.45) is 0 Å². The van der Waals surface area contributed by atoms with Crippen molar-refractivity contribution in [1.82, 2.24) is 4.90 Å². The second-order valence-electron chi connectivity index (χ2n) is 6.55. The summed E-state index contributed by atoms with van der Waals surface area (Å²) >= 11 is 0. The van der Waals surface area contributed by atoms with Crippen LogP contribution < -0.4 is 0 Å². The highest BCUT2D eigenvalue weighted by Gasteiger charge is 2.62. The largest absolute Gasteiger partial charge is 0.480 e. The van der Waals surface area contributed by atoms with Gasteiger partial charge in [-0.05, 0) is 36.8 Å². The van der Waals surface area contributed by atoms with E-state index < -0.39 is 35.8 Å². The summed E-state index contributed by atoms with van der Waals surface area (Å²) < 4.78 is 28.9. The fraction of sp³-hybridized carbons (Fsp3) is 0.500. The van der Waals surface area contributed by atoms with Crippen LogP contribution in [0.25, 0.3) is 0 Å². The van der Waals surface area contributed by atoms with Crippen LogP contribution >= 0.6 is 0 Å². The summed E-state index contributed by atoms with van der Waals surface area (Å²) in [4.78, 5) is 24.4. The molecule has 0 aromatic heterocycles. The fourth-order valence-electron chi connectivity index (χ4n) is 3.60. The maximum Gasteiger partial charge on any atom is 0.323 e. The molecule has 1 N–H and O–H groups in total. The number of nitrogens with zero attached hydrogens (tertiary/aromatic N) is 1. The Morgan fingerprint density at radius 1 is 1.41 bits per heavy atom. The van der Waals surface area contributed by atoms with Gasteiger partial charge in [0.2, 0.25) is 0 Å². The molecule has 3 aliphatic rings. The maximum absolute atomic E-state index is 14.9. The molecule has 1 aromatic rings. The van der Waals surface area contributed by atoms with Gasteiger partial charge >= 0.3 is 5.97 Å². The average molecular weight is 307 g/mol. The van der Waals surface area contributed by atoms with Crippen LogP contribution in [-0.4, -0.2) is 41.1 Å². The van der Waals surface area contributed by atoms with Gasteiger partial charge in [0.05, 0.1) is 5.41 Å². The molecule has 1 aliphatic heterocycles. The van der Waals surface area contributed by atoms with Crippen LogP contribution in [0.1, 0.15) is 46.7 Å². The van der Waals surface area contributed by atoms with Gasteiger partial charge in [0.25, 0.3) is 5.91 Å². The molecule has 1 heterocycles. The number of hydrogen-bond acceptors (Lipinski definition) is 2. The summed E-state index contributed by atoms with van der Waals surface area (Å²) in [7, 11) is 0. The van der Waals surface area contributed by atoms with Gasteiger partial charge in [-0.3, -0.25) is 9.59 Å². The number of fused-ring (bicyclic) bond motifs is 2. The van der Waals surface area contributed by atoms with Crippen molar-refractivity contribution in [3.63, 3.8) is 0 Å². The monoisotopic (exact) mass is 307 g/mol. The van der Waals surface area contributed by atoms with E-state index in [-0.39, 0.29) is 30.0 Å². The topological polar surface area (TPSA) is 57.6 Å². The van der Waals surface area contributed by atoms with E-state index in [1.54, 1.807) is 6.07 Å². The summed E-state index contributed by atoms with van der Waals surface area (Å²) in [5, 5.41) is 8.91. The Labute approximate surface area is 125 Å². The molecule has 0 saturated heterocycles. The van der Waals surface area contributed by atoms with Crippen LogP contribution in [-0.2, 0) is 10.2 Å². The fourth-order valence-corrected chi connectivity index (χ4v) is 3.60. The SMILES string of the molecule is O=C(O)CN1CC2(C[C@H]2F)c2c(ccc(C3CC3)c2F)C1=O. The Morgan fingerprint density at radius 2 is 2.09 bits per heavy atom. The molecule has 1 spiro atoms. The lowest BCUT2D eigenvalue weighted by molar-refractivity contribution is -0.137. The number of alkyl halides is 1. The van der Waals surface area contributed by atoms with Crippen LogP contribution in [0.3, 0.4) is 0 Å². The van der Waals surface area contributed by atoms with Crippen molar-refractivity contribution < 1.29 is 23.5 Å². The van der Waals surface area contributed by atoms with E-state index in [0.717, 1.165) is 17.7 Å².